The summed E-state index contributed by atoms with van der Waals surface area (Å²) in [7, 11) is 0. The highest BCUT2D eigenvalue weighted by atomic mass is 32.1. The molecular weight excluding hydrogens is 336 g/mol. The Labute approximate surface area is 149 Å². The Morgan fingerprint density at radius 3 is 2.84 bits per heavy atom. The van der Waals surface area contributed by atoms with Gasteiger partial charge >= 0.3 is 6.09 Å². The second kappa shape index (κ2) is 8.18. The molecule has 3 rings (SSSR count). The Hall–Kier alpha value is -3.04. The molecule has 1 aromatic carbocycles. The second-order valence-corrected chi connectivity index (χ2v) is 6.16. The lowest BCUT2D eigenvalue weighted by Gasteiger charge is -2.11. The summed E-state index contributed by atoms with van der Waals surface area (Å²) in [6.07, 6.45) is 2.95. The van der Waals surface area contributed by atoms with Crippen LogP contribution < -0.4 is 10.2 Å². The number of ether oxygens (including phenoxy) is 1. The Morgan fingerprint density at radius 2 is 2.16 bits per heavy atom. The molecule has 5 nitrogen and oxygen atoms in total. The molecule has 1 N–H and O–H groups in total. The molecule has 0 aliphatic carbocycles. The van der Waals surface area contributed by atoms with E-state index in [0.717, 1.165) is 16.1 Å². The number of benzene rings is 1. The van der Waals surface area contributed by atoms with Crippen LogP contribution in [-0.4, -0.2) is 31.7 Å². The van der Waals surface area contributed by atoms with Crippen molar-refractivity contribution in [1.82, 2.24) is 5.32 Å². The van der Waals surface area contributed by atoms with Gasteiger partial charge in [-0.3, -0.25) is 9.69 Å². The van der Waals surface area contributed by atoms with Gasteiger partial charge in [-0.2, -0.15) is 0 Å². The van der Waals surface area contributed by atoms with E-state index in [1.54, 1.807) is 22.3 Å². The fourth-order valence-corrected chi connectivity index (χ4v) is 2.85. The monoisotopic (exact) mass is 352 g/mol. The van der Waals surface area contributed by atoms with Crippen LogP contribution in [-0.2, 0) is 9.53 Å². The molecule has 0 unspecified atom stereocenters. The highest BCUT2D eigenvalue weighted by molar-refractivity contribution is 7.10. The lowest BCUT2D eigenvalue weighted by molar-refractivity contribution is -0.116. The fraction of sp³-hybridized carbons (Fsp3) is 0.158. The van der Waals surface area contributed by atoms with Gasteiger partial charge in [-0.15, -0.1) is 11.3 Å². The third kappa shape index (κ3) is 4.72. The van der Waals surface area contributed by atoms with Crippen molar-refractivity contribution in [3.63, 3.8) is 0 Å². The number of amides is 2. The zero-order chi connectivity index (χ0) is 17.5. The molecule has 0 bridgehead atoms. The molecule has 0 saturated carbocycles. The zero-order valence-electron chi connectivity index (χ0n) is 13.4. The zero-order valence-corrected chi connectivity index (χ0v) is 14.2. The smallest absolute Gasteiger partial charge is 0.414 e. The van der Waals surface area contributed by atoms with Gasteiger partial charge in [0.15, 0.2) is 0 Å². The van der Waals surface area contributed by atoms with Gasteiger partial charge in [0.2, 0.25) is 5.91 Å². The minimum absolute atomic E-state index is 0.175. The van der Waals surface area contributed by atoms with Gasteiger partial charge < -0.3 is 10.1 Å². The van der Waals surface area contributed by atoms with E-state index in [1.807, 2.05) is 41.8 Å². The third-order valence-electron chi connectivity index (χ3n) is 3.47. The summed E-state index contributed by atoms with van der Waals surface area (Å²) in [6, 6.07) is 11.2. The maximum absolute atomic E-state index is 11.7. The molecule has 1 saturated heterocycles. The number of carbonyl (C=O) groups excluding carboxylic acids is 2. The van der Waals surface area contributed by atoms with E-state index in [-0.39, 0.29) is 18.5 Å². The third-order valence-corrected chi connectivity index (χ3v) is 4.30. The normalized spacial score (nSPS) is 13.4. The van der Waals surface area contributed by atoms with Crippen LogP contribution >= 0.6 is 11.3 Å². The number of hydrogen-bond donors (Lipinski definition) is 1. The molecule has 0 radical (unpaired) electrons. The summed E-state index contributed by atoms with van der Waals surface area (Å²) in [5, 5.41) is 4.67. The quantitative estimate of drug-likeness (QED) is 0.680. The topological polar surface area (TPSA) is 58.6 Å². The Bertz CT molecular complexity index is 830. The lowest BCUT2D eigenvalue weighted by Crippen LogP contribution is -2.23. The van der Waals surface area contributed by atoms with E-state index in [4.69, 9.17) is 4.74 Å². The Balaban J connectivity index is 1.48. The first kappa shape index (κ1) is 16.8. The van der Waals surface area contributed by atoms with Gasteiger partial charge in [-0.25, -0.2) is 4.79 Å². The van der Waals surface area contributed by atoms with E-state index in [2.05, 4.69) is 17.2 Å². The number of carbonyl (C=O) groups is 2. The van der Waals surface area contributed by atoms with Crippen molar-refractivity contribution in [2.75, 3.05) is 24.6 Å². The van der Waals surface area contributed by atoms with Crippen LogP contribution in [0.5, 0.6) is 0 Å². The van der Waals surface area contributed by atoms with Crippen LogP contribution in [0.1, 0.15) is 10.4 Å². The van der Waals surface area contributed by atoms with Gasteiger partial charge in [0, 0.05) is 22.2 Å². The summed E-state index contributed by atoms with van der Waals surface area (Å²) >= 11 is 1.57. The van der Waals surface area contributed by atoms with Crippen LogP contribution in [0.3, 0.4) is 0 Å². The van der Waals surface area contributed by atoms with E-state index in [9.17, 15) is 9.59 Å². The average molecular weight is 352 g/mol. The molecule has 126 valence electrons. The standard InChI is InChI=1S/C19H16N2O3S/c22-18(10-9-17-4-2-14-25-17)20-11-1-3-15-5-7-16(8-6-15)21-12-13-24-19(21)23/h2,4-10,14H,11-13H2,(H,20,22)/b10-9+. The average Bonchev–Trinajstić information content (AvgIpc) is 3.29. The molecular formula is C19H16N2O3S. The minimum Gasteiger partial charge on any atom is -0.447 e. The van der Waals surface area contributed by atoms with Gasteiger partial charge in [-0.05, 0) is 41.8 Å². The van der Waals surface area contributed by atoms with Gasteiger partial charge in [0.1, 0.15) is 6.61 Å². The van der Waals surface area contributed by atoms with E-state index in [1.165, 1.54) is 6.08 Å². The van der Waals surface area contributed by atoms with Crippen LogP contribution in [0.4, 0.5) is 10.5 Å². The first-order valence-corrected chi connectivity index (χ1v) is 8.63. The van der Waals surface area contributed by atoms with Gasteiger partial charge in [0.25, 0.3) is 0 Å². The predicted molar refractivity (Wildman–Crippen MR) is 98.4 cm³/mol. The molecule has 2 heterocycles. The van der Waals surface area contributed by atoms with Crippen LogP contribution in [0.25, 0.3) is 6.08 Å². The van der Waals surface area contributed by atoms with Crippen molar-refractivity contribution >= 4 is 35.1 Å². The van der Waals surface area contributed by atoms with Gasteiger partial charge in [0.05, 0.1) is 13.1 Å². The molecule has 1 aromatic heterocycles. The number of cyclic esters (lactones) is 1. The first-order valence-electron chi connectivity index (χ1n) is 7.75. The van der Waals surface area contributed by atoms with E-state index in [0.29, 0.717) is 13.2 Å². The van der Waals surface area contributed by atoms with Crippen molar-refractivity contribution in [2.24, 2.45) is 0 Å². The molecule has 1 aliphatic heterocycles. The predicted octanol–water partition coefficient (Wildman–Crippen LogP) is 2.89. The maximum atomic E-state index is 11.7. The molecule has 2 amide bonds. The number of nitrogens with one attached hydrogen (secondary N) is 1. The summed E-state index contributed by atoms with van der Waals surface area (Å²) < 4.78 is 4.91. The molecule has 2 aromatic rings. The van der Waals surface area contributed by atoms with Crippen molar-refractivity contribution in [2.45, 2.75) is 0 Å². The number of nitrogens with zero attached hydrogens (tertiary/aromatic N) is 1. The van der Waals surface area contributed by atoms with Gasteiger partial charge in [-0.1, -0.05) is 17.9 Å². The Morgan fingerprint density at radius 1 is 1.32 bits per heavy atom. The Kier molecular flexibility index (Phi) is 5.50. The number of rotatable bonds is 4. The summed E-state index contributed by atoms with van der Waals surface area (Å²) in [4.78, 5) is 25.8. The summed E-state index contributed by atoms with van der Waals surface area (Å²) in [5.41, 5.74) is 1.61. The molecule has 0 spiro atoms. The fourth-order valence-electron chi connectivity index (χ4n) is 2.23. The molecule has 1 aliphatic rings. The minimum atomic E-state index is -0.322. The lowest BCUT2D eigenvalue weighted by atomic mass is 10.2. The summed E-state index contributed by atoms with van der Waals surface area (Å²) in [6.45, 7) is 1.25. The highest BCUT2D eigenvalue weighted by Gasteiger charge is 2.22. The maximum Gasteiger partial charge on any atom is 0.414 e. The molecule has 0 atom stereocenters. The van der Waals surface area contributed by atoms with Crippen molar-refractivity contribution in [3.05, 3.63) is 58.3 Å². The largest absolute Gasteiger partial charge is 0.447 e. The van der Waals surface area contributed by atoms with Crippen LogP contribution in [0.15, 0.2) is 47.9 Å². The highest BCUT2D eigenvalue weighted by Crippen LogP contribution is 2.18. The molecule has 1 fully saturated rings. The number of thiophene rings is 1. The van der Waals surface area contributed by atoms with Crippen molar-refractivity contribution in [3.8, 4) is 11.8 Å². The molecule has 6 heteroatoms. The van der Waals surface area contributed by atoms with Crippen molar-refractivity contribution in [1.29, 1.82) is 0 Å². The molecule has 25 heavy (non-hydrogen) atoms. The van der Waals surface area contributed by atoms with Crippen molar-refractivity contribution < 1.29 is 14.3 Å². The number of anilines is 1. The SMILES string of the molecule is O=C(/C=C/c1cccs1)NCC#Cc1ccc(N2CCOC2=O)cc1. The summed E-state index contributed by atoms with van der Waals surface area (Å²) in [5.74, 6) is 5.71. The second-order valence-electron chi connectivity index (χ2n) is 5.18. The number of hydrogen-bond acceptors (Lipinski definition) is 4. The van der Waals surface area contributed by atoms with E-state index < -0.39 is 0 Å². The van der Waals surface area contributed by atoms with Crippen LogP contribution in [0, 0.1) is 11.8 Å². The van der Waals surface area contributed by atoms with Crippen LogP contribution in [0.2, 0.25) is 0 Å². The van der Waals surface area contributed by atoms with E-state index >= 15 is 0 Å². The first-order chi connectivity index (χ1) is 12.2.